The van der Waals surface area contributed by atoms with Crippen molar-refractivity contribution in [1.29, 1.82) is 0 Å². The molecule has 0 radical (unpaired) electrons. The highest BCUT2D eigenvalue weighted by Gasteiger charge is 2.29. The maximum Gasteiger partial charge on any atom is 0.255 e. The van der Waals surface area contributed by atoms with Crippen molar-refractivity contribution in [3.63, 3.8) is 0 Å². The maximum absolute atomic E-state index is 13.6. The Morgan fingerprint density at radius 3 is 2.57 bits per heavy atom. The molecule has 1 aromatic heterocycles. The molecule has 1 amide bonds. The van der Waals surface area contributed by atoms with E-state index in [0.717, 1.165) is 59.7 Å². The minimum Gasteiger partial charge on any atom is -0.454 e. The molecular weight excluding hydrogens is 352 g/mol. The minimum absolute atomic E-state index is 0.0285. The summed E-state index contributed by atoms with van der Waals surface area (Å²) in [6, 6.07) is 11.8. The molecule has 1 aliphatic carbocycles. The molecule has 28 heavy (non-hydrogen) atoms. The largest absolute Gasteiger partial charge is 0.454 e. The molecule has 0 unspecified atom stereocenters. The van der Waals surface area contributed by atoms with Gasteiger partial charge in [-0.1, -0.05) is 31.4 Å². The van der Waals surface area contributed by atoms with Crippen LogP contribution in [0.25, 0.3) is 5.57 Å². The zero-order valence-corrected chi connectivity index (χ0v) is 16.5. The van der Waals surface area contributed by atoms with Crippen molar-refractivity contribution in [2.45, 2.75) is 52.0 Å². The molecule has 2 aromatic rings. The molecule has 0 atom stereocenters. The summed E-state index contributed by atoms with van der Waals surface area (Å²) in [4.78, 5) is 20.0. The van der Waals surface area contributed by atoms with Crippen LogP contribution in [0.4, 0.5) is 5.82 Å². The van der Waals surface area contributed by atoms with Gasteiger partial charge in [-0.15, -0.1) is 0 Å². The van der Waals surface area contributed by atoms with Crippen LogP contribution in [0.2, 0.25) is 0 Å². The first-order chi connectivity index (χ1) is 13.6. The van der Waals surface area contributed by atoms with Crippen LogP contribution in [0, 0.1) is 0 Å². The fourth-order valence-electron chi connectivity index (χ4n) is 3.98. The van der Waals surface area contributed by atoms with E-state index in [2.05, 4.69) is 4.98 Å². The zero-order chi connectivity index (χ0) is 19.5. The van der Waals surface area contributed by atoms with Crippen molar-refractivity contribution in [2.24, 2.45) is 0 Å². The van der Waals surface area contributed by atoms with Gasteiger partial charge >= 0.3 is 0 Å². The first-order valence-corrected chi connectivity index (χ1v) is 9.97. The lowest BCUT2D eigenvalue weighted by Gasteiger charge is -2.34. The van der Waals surface area contributed by atoms with Crippen LogP contribution in [-0.4, -0.2) is 23.7 Å². The predicted octanol–water partition coefficient (Wildman–Crippen LogP) is 4.97. The van der Waals surface area contributed by atoms with Crippen molar-refractivity contribution >= 4 is 17.3 Å². The van der Waals surface area contributed by atoms with Crippen molar-refractivity contribution in [3.8, 4) is 11.5 Å². The van der Waals surface area contributed by atoms with Gasteiger partial charge in [0.2, 0.25) is 6.79 Å². The molecule has 0 N–H and O–H groups in total. The number of aromatic nitrogens is 1. The summed E-state index contributed by atoms with van der Waals surface area (Å²) in [6.07, 6.45) is 7.36. The van der Waals surface area contributed by atoms with Gasteiger partial charge in [0.25, 0.3) is 5.91 Å². The zero-order valence-electron chi connectivity index (χ0n) is 16.5. The van der Waals surface area contributed by atoms with E-state index in [1.54, 1.807) is 6.20 Å². The second kappa shape index (κ2) is 8.05. The molecule has 4 rings (SSSR count). The van der Waals surface area contributed by atoms with Crippen LogP contribution < -0.4 is 14.4 Å². The first kappa shape index (κ1) is 18.5. The summed E-state index contributed by atoms with van der Waals surface area (Å²) in [5.41, 5.74) is 2.65. The maximum atomic E-state index is 13.6. The molecule has 1 saturated carbocycles. The van der Waals surface area contributed by atoms with Crippen LogP contribution in [0.5, 0.6) is 11.5 Å². The van der Waals surface area contributed by atoms with E-state index in [4.69, 9.17) is 9.47 Å². The van der Waals surface area contributed by atoms with E-state index in [0.29, 0.717) is 0 Å². The van der Waals surface area contributed by atoms with E-state index in [-0.39, 0.29) is 18.7 Å². The molecule has 2 aliphatic rings. The molecule has 2 heterocycles. The first-order valence-electron chi connectivity index (χ1n) is 9.97. The van der Waals surface area contributed by atoms with Crippen LogP contribution in [0.15, 0.2) is 48.2 Å². The summed E-state index contributed by atoms with van der Waals surface area (Å²) in [6.45, 7) is 4.14. The van der Waals surface area contributed by atoms with Crippen molar-refractivity contribution in [3.05, 3.63) is 53.7 Å². The summed E-state index contributed by atoms with van der Waals surface area (Å²) in [5.74, 6) is 2.24. The van der Waals surface area contributed by atoms with Gasteiger partial charge in [0, 0.05) is 17.8 Å². The van der Waals surface area contributed by atoms with Crippen molar-refractivity contribution < 1.29 is 14.3 Å². The topological polar surface area (TPSA) is 51.7 Å². The second-order valence-corrected chi connectivity index (χ2v) is 7.47. The second-order valence-electron chi connectivity index (χ2n) is 7.47. The van der Waals surface area contributed by atoms with Gasteiger partial charge in [-0.25, -0.2) is 4.98 Å². The van der Waals surface area contributed by atoms with Gasteiger partial charge in [-0.2, -0.15) is 0 Å². The molecule has 1 fully saturated rings. The lowest BCUT2D eigenvalue weighted by molar-refractivity contribution is -0.115. The van der Waals surface area contributed by atoms with Crippen LogP contribution in [-0.2, 0) is 4.79 Å². The molecule has 1 aliphatic heterocycles. The Kier molecular flexibility index (Phi) is 5.33. The summed E-state index contributed by atoms with van der Waals surface area (Å²) in [5, 5.41) is 0. The molecule has 1 aromatic carbocycles. The van der Waals surface area contributed by atoms with Gasteiger partial charge in [0.1, 0.15) is 5.82 Å². The Balaban J connectivity index is 1.68. The number of hydrogen-bond acceptors (Lipinski definition) is 4. The molecule has 146 valence electrons. The van der Waals surface area contributed by atoms with Crippen LogP contribution >= 0.6 is 0 Å². The number of fused-ring (bicyclic) bond motifs is 1. The smallest absolute Gasteiger partial charge is 0.255 e. The number of anilines is 1. The third-order valence-electron chi connectivity index (χ3n) is 5.74. The standard InChI is InChI=1S/C23H26N2O3/c1-16(18-11-12-20-21(14-18)28-15-27-20)17(2)23(26)25(19-8-4-3-5-9-19)22-10-6-7-13-24-22/h6-7,10-14,19H,3-5,8-9,15H2,1-2H3/b17-16-. The van der Waals surface area contributed by atoms with Crippen LogP contribution in [0.1, 0.15) is 51.5 Å². The Hall–Kier alpha value is -2.82. The monoisotopic (exact) mass is 378 g/mol. The number of allylic oxidation sites excluding steroid dienone is 1. The van der Waals surface area contributed by atoms with Gasteiger partial charge in [-0.3, -0.25) is 9.69 Å². The molecule has 0 bridgehead atoms. The number of carbonyl (C=O) groups is 1. The van der Waals surface area contributed by atoms with Gasteiger partial charge < -0.3 is 9.47 Å². The Labute approximate surface area is 166 Å². The highest BCUT2D eigenvalue weighted by atomic mass is 16.7. The average molecular weight is 378 g/mol. The van der Waals surface area contributed by atoms with Crippen molar-refractivity contribution in [2.75, 3.05) is 11.7 Å². The lowest BCUT2D eigenvalue weighted by Crippen LogP contribution is -2.42. The number of amides is 1. The highest BCUT2D eigenvalue weighted by molar-refractivity contribution is 6.09. The molecule has 5 heteroatoms. The SMILES string of the molecule is C/C(C(=O)N(c1ccccn1)C1CCCCC1)=C(\C)c1ccc2c(c1)OCO2. The van der Waals surface area contributed by atoms with Gasteiger partial charge in [0.05, 0.1) is 0 Å². The number of carbonyl (C=O) groups excluding carboxylic acids is 1. The molecule has 0 saturated heterocycles. The predicted molar refractivity (Wildman–Crippen MR) is 109 cm³/mol. The van der Waals surface area contributed by atoms with Gasteiger partial charge in [0.15, 0.2) is 11.5 Å². The van der Waals surface area contributed by atoms with Crippen molar-refractivity contribution in [1.82, 2.24) is 4.98 Å². The Morgan fingerprint density at radius 2 is 1.82 bits per heavy atom. The Morgan fingerprint density at radius 1 is 1.04 bits per heavy atom. The van der Waals surface area contributed by atoms with Gasteiger partial charge in [-0.05, 0) is 62.1 Å². The van der Waals surface area contributed by atoms with E-state index < -0.39 is 0 Å². The summed E-state index contributed by atoms with van der Waals surface area (Å²) in [7, 11) is 0. The lowest BCUT2D eigenvalue weighted by atomic mass is 9.93. The highest BCUT2D eigenvalue weighted by Crippen LogP contribution is 2.35. The fourth-order valence-corrected chi connectivity index (χ4v) is 3.98. The number of ether oxygens (including phenoxy) is 2. The fraction of sp³-hybridized carbons (Fsp3) is 0.391. The number of hydrogen-bond donors (Lipinski definition) is 0. The third kappa shape index (κ3) is 3.61. The Bertz CT molecular complexity index is 886. The normalized spacial score (nSPS) is 17.2. The molecule has 0 spiro atoms. The number of pyridine rings is 1. The quantitative estimate of drug-likeness (QED) is 0.705. The molecule has 5 nitrogen and oxygen atoms in total. The molecular formula is C23H26N2O3. The van der Waals surface area contributed by atoms with Crippen LogP contribution in [0.3, 0.4) is 0 Å². The number of benzene rings is 1. The number of rotatable bonds is 4. The van der Waals surface area contributed by atoms with E-state index >= 15 is 0 Å². The van der Waals surface area contributed by atoms with E-state index in [9.17, 15) is 4.79 Å². The van der Waals surface area contributed by atoms with E-state index in [1.165, 1.54) is 6.42 Å². The summed E-state index contributed by atoms with van der Waals surface area (Å²) < 4.78 is 10.9. The third-order valence-corrected chi connectivity index (χ3v) is 5.74. The summed E-state index contributed by atoms with van der Waals surface area (Å²) >= 11 is 0. The minimum atomic E-state index is 0.0285. The van der Waals surface area contributed by atoms with E-state index in [1.807, 2.05) is 55.1 Å². The number of nitrogens with zero attached hydrogens (tertiary/aromatic N) is 2. The average Bonchev–Trinajstić information content (AvgIpc) is 3.22.